The van der Waals surface area contributed by atoms with Gasteiger partial charge in [0, 0.05) is 13.5 Å². The van der Waals surface area contributed by atoms with E-state index in [0.29, 0.717) is 13.0 Å². The summed E-state index contributed by atoms with van der Waals surface area (Å²) < 4.78 is 4.94. The monoisotopic (exact) mass is 265 g/mol. The minimum absolute atomic E-state index is 0.0959. The Morgan fingerprint density at radius 1 is 1.32 bits per heavy atom. The van der Waals surface area contributed by atoms with Crippen LogP contribution in [0.25, 0.3) is 0 Å². The fourth-order valence-corrected chi connectivity index (χ4v) is 1.82. The van der Waals surface area contributed by atoms with Crippen LogP contribution in [0.1, 0.15) is 19.4 Å². The van der Waals surface area contributed by atoms with Gasteiger partial charge in [-0.1, -0.05) is 37.3 Å². The van der Waals surface area contributed by atoms with Gasteiger partial charge >= 0.3 is 0 Å². The van der Waals surface area contributed by atoms with Gasteiger partial charge in [-0.25, -0.2) is 0 Å². The number of ether oxygens (including phenoxy) is 1. The summed E-state index contributed by atoms with van der Waals surface area (Å²) in [6, 6.07) is 9.45. The van der Waals surface area contributed by atoms with E-state index in [-0.39, 0.29) is 17.9 Å². The van der Waals surface area contributed by atoms with E-state index in [2.05, 4.69) is 5.32 Å². The summed E-state index contributed by atoms with van der Waals surface area (Å²) in [5.74, 6) is -0.308. The molecule has 0 aromatic heterocycles. The summed E-state index contributed by atoms with van der Waals surface area (Å²) in [7, 11) is 1.57. The largest absolute Gasteiger partial charge is 0.391 e. The zero-order chi connectivity index (χ0) is 14.3. The molecule has 2 N–H and O–H groups in total. The highest BCUT2D eigenvalue weighted by Gasteiger charge is 2.20. The Labute approximate surface area is 114 Å². The lowest BCUT2D eigenvalue weighted by Gasteiger charge is -2.22. The van der Waals surface area contributed by atoms with Crippen molar-refractivity contribution < 1.29 is 14.6 Å². The number of rotatable bonds is 7. The Hall–Kier alpha value is -1.39. The second-order valence-electron chi connectivity index (χ2n) is 4.91. The zero-order valence-electron chi connectivity index (χ0n) is 11.8. The quantitative estimate of drug-likeness (QED) is 0.783. The maximum atomic E-state index is 11.8. The van der Waals surface area contributed by atoms with Gasteiger partial charge in [0.2, 0.25) is 5.91 Å². The minimum atomic E-state index is -0.596. The molecule has 1 aromatic rings. The van der Waals surface area contributed by atoms with Gasteiger partial charge in [-0.15, -0.1) is 0 Å². The molecule has 0 saturated carbocycles. The molecule has 4 nitrogen and oxygen atoms in total. The van der Waals surface area contributed by atoms with E-state index in [1.807, 2.05) is 37.3 Å². The smallest absolute Gasteiger partial charge is 0.225 e. The Kier molecular flexibility index (Phi) is 6.53. The number of amides is 1. The fraction of sp³-hybridized carbons (Fsp3) is 0.533. The second-order valence-corrected chi connectivity index (χ2v) is 4.91. The number of aliphatic hydroxyl groups excluding tert-OH is 1. The molecule has 0 radical (unpaired) electrons. The lowest BCUT2D eigenvalue weighted by molar-refractivity contribution is -0.127. The summed E-state index contributed by atoms with van der Waals surface area (Å²) >= 11 is 0. The predicted molar refractivity (Wildman–Crippen MR) is 74.8 cm³/mol. The summed E-state index contributed by atoms with van der Waals surface area (Å²) in [4.78, 5) is 11.8. The molecule has 0 aliphatic carbocycles. The van der Waals surface area contributed by atoms with Crippen molar-refractivity contribution >= 4 is 5.91 Å². The van der Waals surface area contributed by atoms with E-state index in [4.69, 9.17) is 4.74 Å². The lowest BCUT2D eigenvalue weighted by Crippen LogP contribution is -2.44. The van der Waals surface area contributed by atoms with E-state index in [1.54, 1.807) is 14.0 Å². The molecule has 0 fully saturated rings. The number of carbonyl (C=O) groups is 1. The topological polar surface area (TPSA) is 58.6 Å². The fourth-order valence-electron chi connectivity index (χ4n) is 1.82. The average Bonchev–Trinajstić information content (AvgIpc) is 2.40. The Balaban J connectivity index is 2.44. The standard InChI is InChI=1S/C15H23NO3/c1-11(10-19-3)15(18)16-12(2)14(17)9-13-7-5-4-6-8-13/h4-8,11-12,14,17H,9-10H2,1-3H3,(H,16,18). The highest BCUT2D eigenvalue weighted by Crippen LogP contribution is 2.07. The molecule has 3 unspecified atom stereocenters. The number of aliphatic hydroxyl groups is 1. The van der Waals surface area contributed by atoms with Crippen LogP contribution in [0.5, 0.6) is 0 Å². The number of nitrogens with one attached hydrogen (secondary N) is 1. The van der Waals surface area contributed by atoms with E-state index in [0.717, 1.165) is 5.56 Å². The highest BCUT2D eigenvalue weighted by molar-refractivity contribution is 5.78. The van der Waals surface area contributed by atoms with Crippen LogP contribution >= 0.6 is 0 Å². The van der Waals surface area contributed by atoms with Crippen LogP contribution in [-0.2, 0) is 16.0 Å². The van der Waals surface area contributed by atoms with Gasteiger partial charge in [0.15, 0.2) is 0 Å². The van der Waals surface area contributed by atoms with Gasteiger partial charge in [0.05, 0.1) is 24.7 Å². The third kappa shape index (κ3) is 5.41. The van der Waals surface area contributed by atoms with Crippen LogP contribution in [0, 0.1) is 5.92 Å². The SMILES string of the molecule is COCC(C)C(=O)NC(C)C(O)Cc1ccccc1. The summed E-state index contributed by atoms with van der Waals surface area (Å²) in [6.07, 6.45) is -0.0675. The van der Waals surface area contributed by atoms with Gasteiger partial charge in [-0.05, 0) is 12.5 Å². The van der Waals surface area contributed by atoms with Crippen molar-refractivity contribution in [1.29, 1.82) is 0 Å². The van der Waals surface area contributed by atoms with Gasteiger partial charge in [0.25, 0.3) is 0 Å². The molecule has 0 saturated heterocycles. The molecule has 106 valence electrons. The van der Waals surface area contributed by atoms with Crippen LogP contribution in [0.4, 0.5) is 0 Å². The Morgan fingerprint density at radius 3 is 2.53 bits per heavy atom. The maximum absolute atomic E-state index is 11.8. The summed E-state index contributed by atoms with van der Waals surface area (Å²) in [5, 5.41) is 12.9. The van der Waals surface area contributed by atoms with E-state index in [9.17, 15) is 9.90 Å². The molecule has 4 heteroatoms. The molecule has 0 bridgehead atoms. The first-order valence-corrected chi connectivity index (χ1v) is 6.56. The maximum Gasteiger partial charge on any atom is 0.225 e. The Morgan fingerprint density at radius 2 is 1.95 bits per heavy atom. The number of hydrogen-bond donors (Lipinski definition) is 2. The molecule has 0 aliphatic heterocycles. The van der Waals surface area contributed by atoms with Crippen molar-refractivity contribution in [3.05, 3.63) is 35.9 Å². The molecular weight excluding hydrogens is 242 g/mol. The molecule has 0 heterocycles. The van der Waals surface area contributed by atoms with Crippen LogP contribution in [0.2, 0.25) is 0 Å². The normalized spacial score (nSPS) is 15.6. The molecule has 0 aliphatic rings. The first kappa shape index (κ1) is 15.7. The van der Waals surface area contributed by atoms with E-state index < -0.39 is 6.10 Å². The molecule has 1 amide bonds. The van der Waals surface area contributed by atoms with Crippen molar-refractivity contribution in [3.8, 4) is 0 Å². The third-order valence-electron chi connectivity index (χ3n) is 3.10. The van der Waals surface area contributed by atoms with Crippen molar-refractivity contribution in [2.24, 2.45) is 5.92 Å². The number of benzene rings is 1. The third-order valence-corrected chi connectivity index (χ3v) is 3.10. The van der Waals surface area contributed by atoms with Gasteiger partial charge in [-0.3, -0.25) is 4.79 Å². The average molecular weight is 265 g/mol. The first-order chi connectivity index (χ1) is 9.04. The van der Waals surface area contributed by atoms with Gasteiger partial charge < -0.3 is 15.2 Å². The van der Waals surface area contributed by atoms with Crippen LogP contribution in [-0.4, -0.2) is 36.9 Å². The number of carbonyl (C=O) groups excluding carboxylic acids is 1. The van der Waals surface area contributed by atoms with Crippen molar-refractivity contribution in [2.75, 3.05) is 13.7 Å². The molecule has 1 aromatic carbocycles. The predicted octanol–water partition coefficient (Wildman–Crippen LogP) is 1.38. The second kappa shape index (κ2) is 7.92. The van der Waals surface area contributed by atoms with E-state index >= 15 is 0 Å². The highest BCUT2D eigenvalue weighted by atomic mass is 16.5. The van der Waals surface area contributed by atoms with Crippen molar-refractivity contribution in [2.45, 2.75) is 32.4 Å². The summed E-state index contributed by atoms with van der Waals surface area (Å²) in [6.45, 7) is 3.99. The molecule has 0 spiro atoms. The van der Waals surface area contributed by atoms with Gasteiger partial charge in [-0.2, -0.15) is 0 Å². The number of methoxy groups -OCH3 is 1. The van der Waals surface area contributed by atoms with Crippen LogP contribution in [0.15, 0.2) is 30.3 Å². The molecule has 3 atom stereocenters. The van der Waals surface area contributed by atoms with Crippen LogP contribution < -0.4 is 5.32 Å². The Bertz CT molecular complexity index is 380. The lowest BCUT2D eigenvalue weighted by atomic mass is 10.0. The summed E-state index contributed by atoms with van der Waals surface area (Å²) in [5.41, 5.74) is 1.06. The van der Waals surface area contributed by atoms with E-state index in [1.165, 1.54) is 0 Å². The minimum Gasteiger partial charge on any atom is -0.391 e. The molecule has 19 heavy (non-hydrogen) atoms. The van der Waals surface area contributed by atoms with Crippen molar-refractivity contribution in [3.63, 3.8) is 0 Å². The van der Waals surface area contributed by atoms with Crippen LogP contribution in [0.3, 0.4) is 0 Å². The zero-order valence-corrected chi connectivity index (χ0v) is 11.8. The van der Waals surface area contributed by atoms with Crippen molar-refractivity contribution in [1.82, 2.24) is 5.32 Å². The first-order valence-electron chi connectivity index (χ1n) is 6.56. The molecule has 1 rings (SSSR count). The number of hydrogen-bond acceptors (Lipinski definition) is 3. The molecular formula is C15H23NO3. The van der Waals surface area contributed by atoms with Gasteiger partial charge in [0.1, 0.15) is 0 Å².